The van der Waals surface area contributed by atoms with Crippen LogP contribution in [0.4, 0.5) is 0 Å². The van der Waals surface area contributed by atoms with Gasteiger partial charge in [0.25, 0.3) is 0 Å². The van der Waals surface area contributed by atoms with Crippen LogP contribution in [0.25, 0.3) is 0 Å². The smallest absolute Gasteiger partial charge is 0.143 e. The number of hydrogen-bond acceptors (Lipinski definition) is 2. The van der Waals surface area contributed by atoms with Gasteiger partial charge in [0.15, 0.2) is 0 Å². The van der Waals surface area contributed by atoms with E-state index < -0.39 is 0 Å². The molecule has 0 saturated heterocycles. The van der Waals surface area contributed by atoms with Crippen LogP contribution < -0.4 is 0 Å². The Morgan fingerprint density at radius 1 is 1.33 bits per heavy atom. The molecule has 1 aromatic heterocycles. The molecule has 0 spiro atoms. The van der Waals surface area contributed by atoms with Crippen molar-refractivity contribution in [2.45, 2.75) is 56.8 Å². The van der Waals surface area contributed by atoms with Gasteiger partial charge in [-0.3, -0.25) is 0 Å². The zero-order chi connectivity index (χ0) is 10.7. The largest absolute Gasteiger partial charge is 0.314 e. The molecule has 0 bridgehead atoms. The molecule has 3 nitrogen and oxygen atoms in total. The number of hydrogen-bond donors (Lipinski definition) is 0. The quantitative estimate of drug-likeness (QED) is 0.788. The first kappa shape index (κ1) is 11.1. The summed E-state index contributed by atoms with van der Waals surface area (Å²) in [6.45, 7) is 3.26. The summed E-state index contributed by atoms with van der Waals surface area (Å²) in [5, 5.41) is 9.45. The number of aromatic nitrogens is 3. The first-order chi connectivity index (χ1) is 7.36. The van der Waals surface area contributed by atoms with Crippen molar-refractivity contribution in [2.75, 3.05) is 0 Å². The highest BCUT2D eigenvalue weighted by Gasteiger charge is 2.23. The first-order valence-electron chi connectivity index (χ1n) is 5.84. The molecule has 1 heterocycles. The molecule has 15 heavy (non-hydrogen) atoms. The van der Waals surface area contributed by atoms with Gasteiger partial charge in [0, 0.05) is 12.5 Å². The molecule has 2 rings (SSSR count). The molecule has 1 aliphatic rings. The van der Waals surface area contributed by atoms with Crippen LogP contribution in [0.2, 0.25) is 0 Å². The number of nitrogens with zero attached hydrogens (tertiary/aromatic N) is 3. The van der Waals surface area contributed by atoms with Gasteiger partial charge in [-0.2, -0.15) is 0 Å². The Morgan fingerprint density at radius 3 is 2.67 bits per heavy atom. The first-order valence-corrected chi connectivity index (χ1v) is 6.97. The molecular weight excluding hydrogens is 254 g/mol. The van der Waals surface area contributed by atoms with Gasteiger partial charge in [0.1, 0.15) is 11.6 Å². The van der Waals surface area contributed by atoms with Gasteiger partial charge in [-0.05, 0) is 19.3 Å². The standard InChI is InChI=1S/C11H18BrN3/c1-2-7-15-10(8-12)13-14-11(15)9-5-3-4-6-9/h9H,2-8H2,1H3. The Balaban J connectivity index is 2.24. The van der Waals surface area contributed by atoms with E-state index in [9.17, 15) is 0 Å². The van der Waals surface area contributed by atoms with E-state index >= 15 is 0 Å². The van der Waals surface area contributed by atoms with Crippen molar-refractivity contribution in [3.8, 4) is 0 Å². The van der Waals surface area contributed by atoms with Crippen LogP contribution in [-0.4, -0.2) is 14.8 Å². The van der Waals surface area contributed by atoms with E-state index in [0.717, 1.165) is 24.1 Å². The fourth-order valence-corrected chi connectivity index (χ4v) is 2.82. The summed E-state index contributed by atoms with van der Waals surface area (Å²) >= 11 is 3.48. The molecule has 0 N–H and O–H groups in total. The summed E-state index contributed by atoms with van der Waals surface area (Å²) in [6, 6.07) is 0. The van der Waals surface area contributed by atoms with E-state index in [1.165, 1.54) is 31.5 Å². The van der Waals surface area contributed by atoms with E-state index in [2.05, 4.69) is 37.6 Å². The fraction of sp³-hybridized carbons (Fsp3) is 0.818. The van der Waals surface area contributed by atoms with Crippen LogP contribution in [0.5, 0.6) is 0 Å². The second-order valence-electron chi connectivity index (χ2n) is 4.24. The molecule has 0 unspecified atom stereocenters. The lowest BCUT2D eigenvalue weighted by molar-refractivity contribution is 0.565. The van der Waals surface area contributed by atoms with Crippen molar-refractivity contribution in [3.05, 3.63) is 11.6 Å². The lowest BCUT2D eigenvalue weighted by Gasteiger charge is -2.12. The van der Waals surface area contributed by atoms with Gasteiger partial charge in [0.2, 0.25) is 0 Å². The average molecular weight is 272 g/mol. The summed E-state index contributed by atoms with van der Waals surface area (Å²) in [7, 11) is 0. The summed E-state index contributed by atoms with van der Waals surface area (Å²) in [6.07, 6.45) is 6.45. The topological polar surface area (TPSA) is 30.7 Å². The van der Waals surface area contributed by atoms with Crippen molar-refractivity contribution < 1.29 is 0 Å². The number of halogens is 1. The Kier molecular flexibility index (Phi) is 3.78. The van der Waals surface area contributed by atoms with Gasteiger partial charge in [-0.1, -0.05) is 35.7 Å². The van der Waals surface area contributed by atoms with Gasteiger partial charge < -0.3 is 4.57 Å². The fourth-order valence-electron chi connectivity index (χ4n) is 2.40. The summed E-state index contributed by atoms with van der Waals surface area (Å²) in [5.41, 5.74) is 0. The summed E-state index contributed by atoms with van der Waals surface area (Å²) in [5.74, 6) is 2.97. The van der Waals surface area contributed by atoms with E-state index in [0.29, 0.717) is 5.92 Å². The van der Waals surface area contributed by atoms with E-state index in [4.69, 9.17) is 0 Å². The van der Waals surface area contributed by atoms with Crippen LogP contribution in [-0.2, 0) is 11.9 Å². The van der Waals surface area contributed by atoms with Crippen LogP contribution in [0.1, 0.15) is 56.6 Å². The lowest BCUT2D eigenvalue weighted by atomic mass is 10.1. The van der Waals surface area contributed by atoms with E-state index in [1.54, 1.807) is 0 Å². The number of rotatable bonds is 4. The molecule has 1 fully saturated rings. The van der Waals surface area contributed by atoms with Crippen LogP contribution >= 0.6 is 15.9 Å². The summed E-state index contributed by atoms with van der Waals surface area (Å²) < 4.78 is 2.31. The zero-order valence-corrected chi connectivity index (χ0v) is 10.8. The van der Waals surface area contributed by atoms with Crippen molar-refractivity contribution >= 4 is 15.9 Å². The van der Waals surface area contributed by atoms with Gasteiger partial charge in [0.05, 0.1) is 5.33 Å². The van der Waals surface area contributed by atoms with Gasteiger partial charge in [-0.15, -0.1) is 10.2 Å². The molecule has 0 radical (unpaired) electrons. The third-order valence-corrected chi connectivity index (χ3v) is 3.64. The molecule has 0 aliphatic heterocycles. The second kappa shape index (κ2) is 5.10. The van der Waals surface area contributed by atoms with E-state index in [1.807, 2.05) is 0 Å². The van der Waals surface area contributed by atoms with Crippen molar-refractivity contribution in [2.24, 2.45) is 0 Å². The minimum Gasteiger partial charge on any atom is -0.314 e. The van der Waals surface area contributed by atoms with Gasteiger partial charge >= 0.3 is 0 Å². The predicted molar refractivity (Wildman–Crippen MR) is 64.2 cm³/mol. The summed E-state index contributed by atoms with van der Waals surface area (Å²) in [4.78, 5) is 0. The highest BCUT2D eigenvalue weighted by Crippen LogP contribution is 2.33. The zero-order valence-electron chi connectivity index (χ0n) is 9.25. The Bertz CT molecular complexity index is 316. The minimum atomic E-state index is 0.664. The highest BCUT2D eigenvalue weighted by atomic mass is 79.9. The Hall–Kier alpha value is -0.380. The average Bonchev–Trinajstić information content (AvgIpc) is 2.85. The third kappa shape index (κ3) is 2.25. The monoisotopic (exact) mass is 271 g/mol. The normalized spacial score (nSPS) is 17.5. The van der Waals surface area contributed by atoms with E-state index in [-0.39, 0.29) is 0 Å². The van der Waals surface area contributed by atoms with Crippen LogP contribution in [0, 0.1) is 0 Å². The minimum absolute atomic E-state index is 0.664. The molecule has 84 valence electrons. The Morgan fingerprint density at radius 2 is 2.07 bits per heavy atom. The Labute approximate surface area is 99.4 Å². The molecule has 0 amide bonds. The van der Waals surface area contributed by atoms with Crippen molar-refractivity contribution in [3.63, 3.8) is 0 Å². The maximum atomic E-state index is 4.37. The third-order valence-electron chi connectivity index (χ3n) is 3.14. The molecule has 1 saturated carbocycles. The second-order valence-corrected chi connectivity index (χ2v) is 4.80. The molecular formula is C11H18BrN3. The maximum absolute atomic E-state index is 4.37. The van der Waals surface area contributed by atoms with Crippen molar-refractivity contribution in [1.29, 1.82) is 0 Å². The van der Waals surface area contributed by atoms with Crippen molar-refractivity contribution in [1.82, 2.24) is 14.8 Å². The SMILES string of the molecule is CCCn1c(CBr)nnc1C1CCCC1. The number of alkyl halides is 1. The van der Waals surface area contributed by atoms with Gasteiger partial charge in [-0.25, -0.2) is 0 Å². The highest BCUT2D eigenvalue weighted by molar-refractivity contribution is 9.08. The lowest BCUT2D eigenvalue weighted by Crippen LogP contribution is -2.09. The molecule has 4 heteroatoms. The molecule has 0 atom stereocenters. The van der Waals surface area contributed by atoms with Crippen LogP contribution in [0.3, 0.4) is 0 Å². The molecule has 0 aromatic carbocycles. The molecule has 1 aromatic rings. The molecule has 1 aliphatic carbocycles. The van der Waals surface area contributed by atoms with Crippen LogP contribution in [0.15, 0.2) is 0 Å². The maximum Gasteiger partial charge on any atom is 0.143 e. The predicted octanol–water partition coefficient (Wildman–Crippen LogP) is 3.24.